The molecule has 3 nitrogen and oxygen atoms in total. The van der Waals surface area contributed by atoms with Crippen LogP contribution in [0.15, 0.2) is 24.3 Å². The lowest BCUT2D eigenvalue weighted by Gasteiger charge is -2.34. The second-order valence-electron chi connectivity index (χ2n) is 4.82. The highest BCUT2D eigenvalue weighted by atomic mass is 35.5. The van der Waals surface area contributed by atoms with Gasteiger partial charge >= 0.3 is 6.18 Å². The number of nitrogens with two attached hydrogens (primary N) is 1. The van der Waals surface area contributed by atoms with Gasteiger partial charge in [0.05, 0.1) is 5.56 Å². The molecule has 0 aliphatic heterocycles. The topological polar surface area (TPSA) is 63.3 Å². The van der Waals surface area contributed by atoms with Gasteiger partial charge in [-0.3, -0.25) is 4.79 Å². The second kappa shape index (κ2) is 5.71. The van der Waals surface area contributed by atoms with E-state index in [0.717, 1.165) is 12.1 Å². The van der Waals surface area contributed by atoms with Gasteiger partial charge in [-0.05, 0) is 37.0 Å². The summed E-state index contributed by atoms with van der Waals surface area (Å²) in [5, 5.41) is 9.55. The van der Waals surface area contributed by atoms with Crippen molar-refractivity contribution in [2.75, 3.05) is 0 Å². The van der Waals surface area contributed by atoms with Crippen LogP contribution in [-0.4, -0.2) is 17.0 Å². The van der Waals surface area contributed by atoms with Crippen LogP contribution in [0.5, 0.6) is 0 Å². The Labute approximate surface area is 120 Å². The number of alkyl halides is 3. The highest BCUT2D eigenvalue weighted by Gasteiger charge is 2.42. The third-order valence-corrected chi connectivity index (χ3v) is 3.52. The Hall–Kier alpha value is -1.11. The van der Waals surface area contributed by atoms with Gasteiger partial charge in [-0.2, -0.15) is 13.2 Å². The predicted octanol–water partition coefficient (Wildman–Crippen LogP) is 2.40. The van der Waals surface area contributed by atoms with E-state index in [9.17, 15) is 23.1 Å². The van der Waals surface area contributed by atoms with E-state index in [2.05, 4.69) is 0 Å². The molecule has 0 heterocycles. The fraction of sp³-hybridized carbons (Fsp3) is 0.462. The minimum Gasteiger partial charge on any atom is -0.385 e. The van der Waals surface area contributed by atoms with Crippen LogP contribution in [0.2, 0.25) is 0 Å². The van der Waals surface area contributed by atoms with Crippen LogP contribution >= 0.6 is 12.4 Å². The highest BCUT2D eigenvalue weighted by Crippen LogP contribution is 2.35. The van der Waals surface area contributed by atoms with E-state index >= 15 is 0 Å². The zero-order chi connectivity index (χ0) is 14.3. The Balaban J connectivity index is 0.00000200. The van der Waals surface area contributed by atoms with Crippen molar-refractivity contribution in [3.8, 4) is 0 Å². The Morgan fingerprint density at radius 1 is 1.25 bits per heavy atom. The largest absolute Gasteiger partial charge is 0.416 e. The van der Waals surface area contributed by atoms with Crippen LogP contribution in [0.25, 0.3) is 0 Å². The van der Waals surface area contributed by atoms with Gasteiger partial charge in [-0.15, -0.1) is 12.4 Å². The Kier molecular flexibility index (Phi) is 4.84. The number of ketones is 1. The quantitative estimate of drug-likeness (QED) is 0.837. The maximum absolute atomic E-state index is 12.5. The summed E-state index contributed by atoms with van der Waals surface area (Å²) in [6.45, 7) is 0. The lowest BCUT2D eigenvalue weighted by Crippen LogP contribution is -2.52. The van der Waals surface area contributed by atoms with Crippen LogP contribution in [0.4, 0.5) is 13.2 Å². The van der Waals surface area contributed by atoms with Crippen LogP contribution in [-0.2, 0) is 16.5 Å². The minimum absolute atomic E-state index is 0. The van der Waals surface area contributed by atoms with Gasteiger partial charge in [0.15, 0.2) is 5.78 Å². The number of Topliss-reactive ketones (excluding diaryl/α,β-unsaturated/α-hetero) is 1. The molecule has 20 heavy (non-hydrogen) atoms. The molecule has 2 atom stereocenters. The second-order valence-corrected chi connectivity index (χ2v) is 4.82. The Morgan fingerprint density at radius 3 is 2.30 bits per heavy atom. The first-order chi connectivity index (χ1) is 8.75. The number of halogens is 4. The number of benzene rings is 1. The summed E-state index contributed by atoms with van der Waals surface area (Å²) in [4.78, 5) is 11.9. The molecule has 0 saturated heterocycles. The molecule has 2 unspecified atom stereocenters. The van der Waals surface area contributed by atoms with Crippen molar-refractivity contribution in [2.24, 2.45) is 5.73 Å². The zero-order valence-electron chi connectivity index (χ0n) is 10.5. The number of carbonyl (C=O) groups is 1. The highest BCUT2D eigenvalue weighted by molar-refractivity contribution is 5.93. The average Bonchev–Trinajstić information content (AvgIpc) is 2.35. The molecule has 0 spiro atoms. The van der Waals surface area contributed by atoms with Gasteiger partial charge in [-0.25, -0.2) is 0 Å². The van der Waals surface area contributed by atoms with Gasteiger partial charge in [0.1, 0.15) is 11.6 Å². The molecule has 0 amide bonds. The molecular formula is C13H15ClF3NO2. The first kappa shape index (κ1) is 16.9. The monoisotopic (exact) mass is 309 g/mol. The van der Waals surface area contributed by atoms with E-state index in [0.29, 0.717) is 24.8 Å². The third-order valence-electron chi connectivity index (χ3n) is 3.52. The molecule has 2 rings (SSSR count). The molecule has 1 aromatic rings. The predicted molar refractivity (Wildman–Crippen MR) is 69.4 cm³/mol. The maximum atomic E-state index is 12.5. The van der Waals surface area contributed by atoms with Gasteiger partial charge in [-0.1, -0.05) is 12.1 Å². The zero-order valence-corrected chi connectivity index (χ0v) is 11.3. The van der Waals surface area contributed by atoms with E-state index in [1.165, 1.54) is 12.1 Å². The summed E-state index contributed by atoms with van der Waals surface area (Å²) in [7, 11) is 0. The molecule has 3 N–H and O–H groups in total. The van der Waals surface area contributed by atoms with Crippen LogP contribution in [0.1, 0.15) is 30.4 Å². The Morgan fingerprint density at radius 2 is 1.80 bits per heavy atom. The molecule has 1 aliphatic rings. The summed E-state index contributed by atoms with van der Waals surface area (Å²) < 4.78 is 37.4. The molecule has 7 heteroatoms. The van der Waals surface area contributed by atoms with Crippen molar-refractivity contribution in [3.05, 3.63) is 35.4 Å². The summed E-state index contributed by atoms with van der Waals surface area (Å²) in [6.07, 6.45) is -4.32. The Bertz CT molecular complexity index is 489. The molecule has 112 valence electrons. The molecule has 1 aromatic carbocycles. The molecule has 1 aliphatic carbocycles. The van der Waals surface area contributed by atoms with Crippen LogP contribution in [0, 0.1) is 0 Å². The fourth-order valence-electron chi connectivity index (χ4n) is 2.37. The third kappa shape index (κ3) is 2.97. The SMILES string of the molecule is Cl.NC1(c2ccc(C(F)(F)F)cc2)CCCC(O)C1=O. The van der Waals surface area contributed by atoms with Crippen LogP contribution < -0.4 is 5.73 Å². The van der Waals surface area contributed by atoms with Gasteiger partial charge < -0.3 is 10.8 Å². The van der Waals surface area contributed by atoms with E-state index in [1.807, 2.05) is 0 Å². The van der Waals surface area contributed by atoms with Gasteiger partial charge in [0.2, 0.25) is 0 Å². The van der Waals surface area contributed by atoms with E-state index in [4.69, 9.17) is 5.73 Å². The van der Waals surface area contributed by atoms with E-state index < -0.39 is 29.2 Å². The van der Waals surface area contributed by atoms with Crippen molar-refractivity contribution in [1.82, 2.24) is 0 Å². The molecule has 0 radical (unpaired) electrons. The lowest BCUT2D eigenvalue weighted by atomic mass is 9.75. The summed E-state index contributed by atoms with van der Waals surface area (Å²) in [6, 6.07) is 4.22. The number of carbonyl (C=O) groups excluding carboxylic acids is 1. The molecule has 1 saturated carbocycles. The van der Waals surface area contributed by atoms with Crippen molar-refractivity contribution < 1.29 is 23.1 Å². The lowest BCUT2D eigenvalue weighted by molar-refractivity contribution is -0.137. The van der Waals surface area contributed by atoms with Crippen molar-refractivity contribution in [3.63, 3.8) is 0 Å². The standard InChI is InChI=1S/C13H14F3NO2.ClH/c14-13(15,16)9-5-3-8(4-6-9)12(17)7-1-2-10(18)11(12)19;/h3-6,10,18H,1-2,7,17H2;1H. The van der Waals surface area contributed by atoms with Crippen molar-refractivity contribution >= 4 is 18.2 Å². The number of aliphatic hydroxyl groups excluding tert-OH is 1. The number of rotatable bonds is 1. The first-order valence-corrected chi connectivity index (χ1v) is 5.94. The molecule has 1 fully saturated rings. The summed E-state index contributed by atoms with van der Waals surface area (Å²) in [5.74, 6) is -0.529. The number of hydrogen-bond acceptors (Lipinski definition) is 3. The van der Waals surface area contributed by atoms with Crippen molar-refractivity contribution in [1.29, 1.82) is 0 Å². The smallest absolute Gasteiger partial charge is 0.385 e. The summed E-state index contributed by atoms with van der Waals surface area (Å²) >= 11 is 0. The molecular weight excluding hydrogens is 295 g/mol. The van der Waals surface area contributed by atoms with E-state index in [1.54, 1.807) is 0 Å². The van der Waals surface area contributed by atoms with E-state index in [-0.39, 0.29) is 12.4 Å². The van der Waals surface area contributed by atoms with Gasteiger partial charge in [0.25, 0.3) is 0 Å². The normalized spacial score (nSPS) is 27.1. The first-order valence-electron chi connectivity index (χ1n) is 5.94. The average molecular weight is 310 g/mol. The van der Waals surface area contributed by atoms with Crippen molar-refractivity contribution in [2.45, 2.75) is 37.1 Å². The van der Waals surface area contributed by atoms with Gasteiger partial charge in [0, 0.05) is 0 Å². The fourth-order valence-corrected chi connectivity index (χ4v) is 2.37. The number of aliphatic hydroxyl groups is 1. The number of hydrogen-bond donors (Lipinski definition) is 2. The molecule has 0 aromatic heterocycles. The molecule has 0 bridgehead atoms. The summed E-state index contributed by atoms with van der Waals surface area (Å²) in [5.41, 5.74) is 4.12. The van der Waals surface area contributed by atoms with Crippen LogP contribution in [0.3, 0.4) is 0 Å². The minimum atomic E-state index is -4.42. The maximum Gasteiger partial charge on any atom is 0.416 e.